The zero-order valence-corrected chi connectivity index (χ0v) is 11.6. The van der Waals surface area contributed by atoms with Gasteiger partial charge in [0.15, 0.2) is 0 Å². The smallest absolute Gasteiger partial charge is 0.109 e. The standard InChI is InChI=1S/C15H23N3/c1-4-16-12(2)8-7-11-15-17-13-9-5-6-10-14(13)18(15)3/h5-6,9-10,12,16H,4,7-8,11H2,1-3H3. The van der Waals surface area contributed by atoms with Crippen molar-refractivity contribution in [2.24, 2.45) is 7.05 Å². The van der Waals surface area contributed by atoms with E-state index in [0.29, 0.717) is 6.04 Å². The van der Waals surface area contributed by atoms with Gasteiger partial charge in [0.05, 0.1) is 11.0 Å². The second kappa shape index (κ2) is 6.01. The lowest BCUT2D eigenvalue weighted by atomic mass is 10.1. The van der Waals surface area contributed by atoms with Gasteiger partial charge in [-0.2, -0.15) is 0 Å². The largest absolute Gasteiger partial charge is 0.331 e. The first-order valence-corrected chi connectivity index (χ1v) is 6.86. The zero-order chi connectivity index (χ0) is 13.0. The van der Waals surface area contributed by atoms with Crippen LogP contribution < -0.4 is 5.32 Å². The Kier molecular flexibility index (Phi) is 4.37. The average molecular weight is 245 g/mol. The highest BCUT2D eigenvalue weighted by Crippen LogP contribution is 2.15. The summed E-state index contributed by atoms with van der Waals surface area (Å²) in [4.78, 5) is 4.70. The molecule has 0 aliphatic carbocycles. The minimum atomic E-state index is 0.602. The van der Waals surface area contributed by atoms with Gasteiger partial charge in [0.1, 0.15) is 5.82 Å². The van der Waals surface area contributed by atoms with Crippen molar-refractivity contribution >= 4 is 11.0 Å². The number of aromatic nitrogens is 2. The number of nitrogens with one attached hydrogen (secondary N) is 1. The van der Waals surface area contributed by atoms with Crippen LogP contribution in [0.15, 0.2) is 24.3 Å². The quantitative estimate of drug-likeness (QED) is 0.848. The molecule has 1 unspecified atom stereocenters. The van der Waals surface area contributed by atoms with Crippen molar-refractivity contribution in [3.63, 3.8) is 0 Å². The van der Waals surface area contributed by atoms with E-state index in [9.17, 15) is 0 Å². The molecule has 1 aromatic heterocycles. The summed E-state index contributed by atoms with van der Waals surface area (Å²) in [5.41, 5.74) is 2.34. The summed E-state index contributed by atoms with van der Waals surface area (Å²) in [6.45, 7) is 5.45. The molecule has 3 nitrogen and oxygen atoms in total. The molecule has 1 N–H and O–H groups in total. The molecule has 0 amide bonds. The summed E-state index contributed by atoms with van der Waals surface area (Å²) in [6, 6.07) is 8.94. The second-order valence-electron chi connectivity index (χ2n) is 4.93. The SMILES string of the molecule is CCNC(C)CCCc1nc2ccccc2n1C. The van der Waals surface area contributed by atoms with Crippen molar-refractivity contribution in [2.75, 3.05) is 6.54 Å². The maximum Gasteiger partial charge on any atom is 0.109 e. The first kappa shape index (κ1) is 13.1. The summed E-state index contributed by atoms with van der Waals surface area (Å²) < 4.78 is 2.22. The van der Waals surface area contributed by atoms with Gasteiger partial charge in [-0.05, 0) is 38.4 Å². The van der Waals surface area contributed by atoms with E-state index in [0.717, 1.165) is 18.5 Å². The first-order chi connectivity index (χ1) is 8.72. The second-order valence-corrected chi connectivity index (χ2v) is 4.93. The van der Waals surface area contributed by atoms with Gasteiger partial charge in [0.25, 0.3) is 0 Å². The van der Waals surface area contributed by atoms with Crippen molar-refractivity contribution in [2.45, 2.75) is 39.2 Å². The Bertz CT molecular complexity index is 501. The van der Waals surface area contributed by atoms with Crippen molar-refractivity contribution in [3.8, 4) is 0 Å². The van der Waals surface area contributed by atoms with Gasteiger partial charge < -0.3 is 9.88 Å². The normalized spacial score (nSPS) is 13.1. The molecule has 0 aliphatic rings. The highest BCUT2D eigenvalue weighted by Gasteiger charge is 2.07. The number of fused-ring (bicyclic) bond motifs is 1. The molecule has 3 heteroatoms. The van der Waals surface area contributed by atoms with E-state index in [4.69, 9.17) is 4.98 Å². The molecule has 1 aromatic carbocycles. The maximum absolute atomic E-state index is 4.70. The maximum atomic E-state index is 4.70. The summed E-state index contributed by atoms with van der Waals surface area (Å²) in [7, 11) is 2.11. The highest BCUT2D eigenvalue weighted by molar-refractivity contribution is 5.75. The number of imidazole rings is 1. The fraction of sp³-hybridized carbons (Fsp3) is 0.533. The first-order valence-electron chi connectivity index (χ1n) is 6.86. The minimum Gasteiger partial charge on any atom is -0.331 e. The number of rotatable bonds is 6. The van der Waals surface area contributed by atoms with Crippen LogP contribution in [0.1, 0.15) is 32.5 Å². The van der Waals surface area contributed by atoms with Crippen molar-refractivity contribution in [1.82, 2.24) is 14.9 Å². The minimum absolute atomic E-state index is 0.602. The lowest BCUT2D eigenvalue weighted by Gasteiger charge is -2.11. The Morgan fingerprint density at radius 1 is 1.33 bits per heavy atom. The molecule has 0 spiro atoms. The molecule has 0 saturated heterocycles. The van der Waals surface area contributed by atoms with E-state index in [-0.39, 0.29) is 0 Å². The van der Waals surface area contributed by atoms with Crippen LogP contribution in [0.5, 0.6) is 0 Å². The van der Waals surface area contributed by atoms with Crippen LogP contribution in [0.3, 0.4) is 0 Å². The predicted octanol–water partition coefficient (Wildman–Crippen LogP) is 2.89. The molecule has 2 rings (SSSR count). The predicted molar refractivity (Wildman–Crippen MR) is 76.8 cm³/mol. The molecule has 0 aliphatic heterocycles. The molecular weight excluding hydrogens is 222 g/mol. The monoisotopic (exact) mass is 245 g/mol. The van der Waals surface area contributed by atoms with E-state index in [1.165, 1.54) is 24.2 Å². The number of hydrogen-bond acceptors (Lipinski definition) is 2. The molecule has 0 bridgehead atoms. The van der Waals surface area contributed by atoms with Gasteiger partial charge in [-0.25, -0.2) is 4.98 Å². The molecule has 2 aromatic rings. The molecule has 0 fully saturated rings. The number of nitrogens with zero attached hydrogens (tertiary/aromatic N) is 2. The fourth-order valence-corrected chi connectivity index (χ4v) is 2.44. The van der Waals surface area contributed by atoms with Crippen molar-refractivity contribution in [1.29, 1.82) is 0 Å². The third kappa shape index (κ3) is 2.91. The summed E-state index contributed by atoms with van der Waals surface area (Å²) in [5.74, 6) is 1.19. The zero-order valence-electron chi connectivity index (χ0n) is 11.6. The summed E-state index contributed by atoms with van der Waals surface area (Å²) >= 11 is 0. The third-order valence-electron chi connectivity index (χ3n) is 3.47. The van der Waals surface area contributed by atoms with Gasteiger partial charge in [-0.3, -0.25) is 0 Å². The van der Waals surface area contributed by atoms with Gasteiger partial charge in [-0.1, -0.05) is 19.1 Å². The van der Waals surface area contributed by atoms with Crippen LogP contribution in [-0.4, -0.2) is 22.1 Å². The molecule has 0 radical (unpaired) electrons. The van der Waals surface area contributed by atoms with Gasteiger partial charge in [-0.15, -0.1) is 0 Å². The van der Waals surface area contributed by atoms with Crippen LogP contribution in [-0.2, 0) is 13.5 Å². The lowest BCUT2D eigenvalue weighted by Crippen LogP contribution is -2.25. The van der Waals surface area contributed by atoms with Gasteiger partial charge in [0, 0.05) is 19.5 Å². The van der Waals surface area contributed by atoms with Gasteiger partial charge >= 0.3 is 0 Å². The third-order valence-corrected chi connectivity index (χ3v) is 3.47. The molecule has 98 valence electrons. The topological polar surface area (TPSA) is 29.9 Å². The van der Waals surface area contributed by atoms with E-state index < -0.39 is 0 Å². The Labute approximate surface area is 109 Å². The molecule has 1 atom stereocenters. The fourth-order valence-electron chi connectivity index (χ4n) is 2.44. The van der Waals surface area contributed by atoms with E-state index >= 15 is 0 Å². The number of para-hydroxylation sites is 2. The van der Waals surface area contributed by atoms with E-state index in [1.807, 2.05) is 6.07 Å². The Hall–Kier alpha value is -1.35. The van der Waals surface area contributed by atoms with Crippen LogP contribution in [0.4, 0.5) is 0 Å². The molecule has 18 heavy (non-hydrogen) atoms. The van der Waals surface area contributed by atoms with Crippen LogP contribution in [0.2, 0.25) is 0 Å². The van der Waals surface area contributed by atoms with Crippen LogP contribution in [0.25, 0.3) is 11.0 Å². The Morgan fingerprint density at radius 3 is 2.83 bits per heavy atom. The van der Waals surface area contributed by atoms with E-state index in [1.54, 1.807) is 0 Å². The summed E-state index contributed by atoms with van der Waals surface area (Å²) in [5, 5.41) is 3.45. The number of benzene rings is 1. The highest BCUT2D eigenvalue weighted by atomic mass is 15.1. The lowest BCUT2D eigenvalue weighted by molar-refractivity contribution is 0.507. The average Bonchev–Trinajstić information content (AvgIpc) is 2.68. The summed E-state index contributed by atoms with van der Waals surface area (Å²) in [6.07, 6.45) is 3.45. The van der Waals surface area contributed by atoms with Crippen LogP contribution >= 0.6 is 0 Å². The van der Waals surface area contributed by atoms with Gasteiger partial charge in [0.2, 0.25) is 0 Å². The molecular formula is C15H23N3. The van der Waals surface area contributed by atoms with Crippen LogP contribution in [0, 0.1) is 0 Å². The number of aryl methyl sites for hydroxylation is 2. The molecule has 0 saturated carbocycles. The Balaban J connectivity index is 1.97. The van der Waals surface area contributed by atoms with E-state index in [2.05, 4.69) is 49.0 Å². The van der Waals surface area contributed by atoms with Crippen molar-refractivity contribution < 1.29 is 0 Å². The molecule has 1 heterocycles. The number of hydrogen-bond donors (Lipinski definition) is 1. The Morgan fingerprint density at radius 2 is 2.11 bits per heavy atom. The van der Waals surface area contributed by atoms with Crippen molar-refractivity contribution in [3.05, 3.63) is 30.1 Å².